The molecule has 7 atom stereocenters. The van der Waals surface area contributed by atoms with Gasteiger partial charge in [0.1, 0.15) is 5.78 Å². The highest BCUT2D eigenvalue weighted by Crippen LogP contribution is 2.59. The summed E-state index contributed by atoms with van der Waals surface area (Å²) in [4.78, 5) is 25.9. The molecule has 0 aromatic rings. The van der Waals surface area contributed by atoms with Crippen LogP contribution in [0.3, 0.4) is 0 Å². The summed E-state index contributed by atoms with van der Waals surface area (Å²) < 4.78 is 0. The van der Waals surface area contributed by atoms with Crippen LogP contribution in [-0.2, 0) is 9.59 Å². The predicted molar refractivity (Wildman–Crippen MR) is 160 cm³/mol. The number of fused-ring (bicyclic) bond motifs is 1. The van der Waals surface area contributed by atoms with Gasteiger partial charge in [-0.2, -0.15) is 0 Å². The first kappa shape index (κ1) is 31.7. The SMILES string of the molecule is C=C1/C(=C\C=C2/CCC[C@]3(C)[C@@H]([C@H](C)/C=C/C(=O)C(C)(C)C(=O)CCCCCC)CC[C@@H]23)C[C@@H](O)[C@H](C)[C@@H]1O. The molecule has 2 N–H and O–H groups in total. The van der Waals surface area contributed by atoms with Crippen LogP contribution in [0.1, 0.15) is 112 Å². The number of unbranched alkanes of at least 4 members (excludes halogenated alkanes) is 3. The summed E-state index contributed by atoms with van der Waals surface area (Å²) in [6.07, 6.45) is 17.8. The molecule has 0 bridgehead atoms. The van der Waals surface area contributed by atoms with Gasteiger partial charge in [-0.05, 0) is 99.2 Å². The third-order valence-corrected chi connectivity index (χ3v) is 10.6. The molecule has 3 saturated carbocycles. The Kier molecular flexibility index (Phi) is 10.8. The quantitative estimate of drug-likeness (QED) is 0.161. The lowest BCUT2D eigenvalue weighted by atomic mass is 9.61. The van der Waals surface area contributed by atoms with Crippen LogP contribution in [0.5, 0.6) is 0 Å². The monoisotopic (exact) mass is 538 g/mol. The average Bonchev–Trinajstić information content (AvgIpc) is 3.26. The van der Waals surface area contributed by atoms with Crippen molar-refractivity contribution in [2.75, 3.05) is 0 Å². The topological polar surface area (TPSA) is 74.6 Å². The molecule has 39 heavy (non-hydrogen) atoms. The summed E-state index contributed by atoms with van der Waals surface area (Å²) in [6, 6.07) is 0. The summed E-state index contributed by atoms with van der Waals surface area (Å²) in [7, 11) is 0. The number of aliphatic hydroxyl groups is 2. The van der Waals surface area contributed by atoms with Crippen molar-refractivity contribution >= 4 is 11.6 Å². The molecule has 3 rings (SSSR count). The van der Waals surface area contributed by atoms with Crippen LogP contribution in [0.15, 0.2) is 47.6 Å². The van der Waals surface area contributed by atoms with Crippen molar-refractivity contribution in [2.24, 2.45) is 34.5 Å². The molecule has 0 radical (unpaired) electrons. The van der Waals surface area contributed by atoms with Crippen molar-refractivity contribution in [1.29, 1.82) is 0 Å². The van der Waals surface area contributed by atoms with E-state index in [0.717, 1.165) is 62.5 Å². The molecule has 0 unspecified atom stereocenters. The molecule has 0 heterocycles. The van der Waals surface area contributed by atoms with Crippen LogP contribution in [0, 0.1) is 34.5 Å². The van der Waals surface area contributed by atoms with Crippen molar-refractivity contribution < 1.29 is 19.8 Å². The first-order valence-corrected chi connectivity index (χ1v) is 15.5. The van der Waals surface area contributed by atoms with Crippen LogP contribution < -0.4 is 0 Å². The lowest BCUT2D eigenvalue weighted by Crippen LogP contribution is -2.36. The van der Waals surface area contributed by atoms with Gasteiger partial charge in [-0.25, -0.2) is 0 Å². The normalized spacial score (nSPS) is 34.6. The van der Waals surface area contributed by atoms with Crippen LogP contribution >= 0.6 is 0 Å². The van der Waals surface area contributed by atoms with Crippen molar-refractivity contribution in [3.05, 3.63) is 47.6 Å². The van der Waals surface area contributed by atoms with Gasteiger partial charge in [0.2, 0.25) is 0 Å². The Morgan fingerprint density at radius 1 is 1.15 bits per heavy atom. The van der Waals surface area contributed by atoms with Gasteiger partial charge >= 0.3 is 0 Å². The highest BCUT2D eigenvalue weighted by atomic mass is 16.3. The minimum atomic E-state index is -0.957. The van der Waals surface area contributed by atoms with E-state index >= 15 is 0 Å². The lowest BCUT2D eigenvalue weighted by Gasteiger charge is -2.44. The maximum atomic E-state index is 13.1. The molecule has 0 spiro atoms. The lowest BCUT2D eigenvalue weighted by molar-refractivity contribution is -0.136. The molecule has 0 aliphatic heterocycles. The number of carbonyl (C=O) groups is 2. The van der Waals surface area contributed by atoms with Gasteiger partial charge in [-0.1, -0.05) is 77.3 Å². The zero-order valence-corrected chi connectivity index (χ0v) is 25.5. The van der Waals surface area contributed by atoms with E-state index in [9.17, 15) is 19.8 Å². The van der Waals surface area contributed by atoms with E-state index in [-0.39, 0.29) is 28.8 Å². The molecule has 218 valence electrons. The molecular weight excluding hydrogens is 484 g/mol. The van der Waals surface area contributed by atoms with E-state index in [2.05, 4.69) is 45.6 Å². The van der Waals surface area contributed by atoms with Gasteiger partial charge in [0.15, 0.2) is 5.78 Å². The molecule has 3 aliphatic carbocycles. The van der Waals surface area contributed by atoms with E-state index < -0.39 is 17.6 Å². The van der Waals surface area contributed by atoms with Crippen LogP contribution in [0.2, 0.25) is 0 Å². The molecular formula is C35H54O4. The Bertz CT molecular complexity index is 998. The first-order chi connectivity index (χ1) is 18.3. The summed E-state index contributed by atoms with van der Waals surface area (Å²) >= 11 is 0. The van der Waals surface area contributed by atoms with Gasteiger partial charge in [0, 0.05) is 12.3 Å². The van der Waals surface area contributed by atoms with E-state index in [1.807, 2.05) is 6.92 Å². The third kappa shape index (κ3) is 6.93. The van der Waals surface area contributed by atoms with Gasteiger partial charge in [0.05, 0.1) is 17.6 Å². The fourth-order valence-electron chi connectivity index (χ4n) is 7.53. The molecule has 0 amide bonds. The number of Topliss-reactive ketones (excluding diaryl/α,β-unsaturated/α-hetero) is 1. The summed E-state index contributed by atoms with van der Waals surface area (Å²) in [5.41, 5.74) is 2.38. The second-order valence-corrected chi connectivity index (χ2v) is 13.6. The summed E-state index contributed by atoms with van der Waals surface area (Å²) in [5.74, 6) is 1.06. The smallest absolute Gasteiger partial charge is 0.168 e. The van der Waals surface area contributed by atoms with Crippen LogP contribution in [-0.4, -0.2) is 34.0 Å². The molecule has 0 saturated heterocycles. The molecule has 0 aromatic heterocycles. The second kappa shape index (κ2) is 13.3. The Balaban J connectivity index is 1.68. The Morgan fingerprint density at radius 3 is 2.56 bits per heavy atom. The van der Waals surface area contributed by atoms with E-state index in [0.29, 0.717) is 24.7 Å². The number of rotatable bonds is 11. The zero-order chi connectivity index (χ0) is 29.0. The predicted octanol–water partition coefficient (Wildman–Crippen LogP) is 7.70. The highest BCUT2D eigenvalue weighted by Gasteiger charge is 2.50. The Labute approximate surface area is 237 Å². The van der Waals surface area contributed by atoms with Crippen molar-refractivity contribution in [3.8, 4) is 0 Å². The zero-order valence-electron chi connectivity index (χ0n) is 25.5. The van der Waals surface area contributed by atoms with Crippen molar-refractivity contribution in [1.82, 2.24) is 0 Å². The van der Waals surface area contributed by atoms with Gasteiger partial charge < -0.3 is 10.2 Å². The minimum Gasteiger partial charge on any atom is -0.392 e. The number of hydrogen-bond acceptors (Lipinski definition) is 4. The molecule has 3 fully saturated rings. The van der Waals surface area contributed by atoms with Crippen LogP contribution in [0.4, 0.5) is 0 Å². The van der Waals surface area contributed by atoms with Gasteiger partial charge in [-0.3, -0.25) is 9.59 Å². The van der Waals surface area contributed by atoms with Crippen molar-refractivity contribution in [2.45, 2.75) is 124 Å². The Hall–Kier alpha value is -1.78. The standard InChI is InChI=1S/C35H54O4/c1-8-9-10-11-14-31(37)34(5,6)32(38)20-15-23(2)28-18-19-29-26(13-12-21-35(28,29)7)16-17-27-22-30(36)25(4)33(39)24(27)3/h15-17,20,23,25,28-30,33,36,39H,3,8-14,18-19,21-22H2,1-2,4-7H3/b20-15+,26-16+,27-17-/t23-,25+,28-,29+,30-,33-,35-/m1/s1. The van der Waals surface area contributed by atoms with Gasteiger partial charge in [-0.15, -0.1) is 0 Å². The molecule has 0 aromatic carbocycles. The number of ketones is 2. The first-order valence-electron chi connectivity index (χ1n) is 15.5. The number of hydrogen-bond donors (Lipinski definition) is 2. The highest BCUT2D eigenvalue weighted by molar-refractivity contribution is 6.10. The number of aliphatic hydroxyl groups excluding tert-OH is 2. The van der Waals surface area contributed by atoms with E-state index in [1.165, 1.54) is 12.0 Å². The van der Waals surface area contributed by atoms with Crippen LogP contribution in [0.25, 0.3) is 0 Å². The largest absolute Gasteiger partial charge is 0.392 e. The maximum absolute atomic E-state index is 13.1. The molecule has 4 nitrogen and oxygen atoms in total. The van der Waals surface area contributed by atoms with E-state index in [1.54, 1.807) is 19.9 Å². The molecule has 4 heteroatoms. The number of carbonyl (C=O) groups excluding carboxylic acids is 2. The maximum Gasteiger partial charge on any atom is 0.168 e. The Morgan fingerprint density at radius 2 is 1.87 bits per heavy atom. The van der Waals surface area contributed by atoms with Gasteiger partial charge in [0.25, 0.3) is 0 Å². The second-order valence-electron chi connectivity index (χ2n) is 13.6. The number of allylic oxidation sites excluding steroid dienone is 5. The fraction of sp³-hybridized carbons (Fsp3) is 0.714. The average molecular weight is 539 g/mol. The summed E-state index contributed by atoms with van der Waals surface area (Å²) in [5, 5.41) is 20.8. The minimum absolute atomic E-state index is 0.0557. The summed E-state index contributed by atoms with van der Waals surface area (Å²) in [6.45, 7) is 16.4. The molecule has 3 aliphatic rings. The van der Waals surface area contributed by atoms with Crippen molar-refractivity contribution in [3.63, 3.8) is 0 Å². The fourth-order valence-corrected chi connectivity index (χ4v) is 7.53. The van der Waals surface area contributed by atoms with E-state index in [4.69, 9.17) is 0 Å². The third-order valence-electron chi connectivity index (χ3n) is 10.6.